The number of allylic oxidation sites excluding steroid dienone is 4. The van der Waals surface area contributed by atoms with Crippen LogP contribution in [0.1, 0.15) is 20.3 Å². The van der Waals surface area contributed by atoms with Gasteiger partial charge >= 0.3 is 0 Å². The van der Waals surface area contributed by atoms with Gasteiger partial charge in [-0.1, -0.05) is 19.1 Å². The Balaban J connectivity index is 2.89. The fourth-order valence-electron chi connectivity index (χ4n) is 1.05. The van der Waals surface area contributed by atoms with Gasteiger partial charge in [-0.05, 0) is 47.0 Å². The highest BCUT2D eigenvalue weighted by Gasteiger charge is 2.04. The second-order valence-corrected chi connectivity index (χ2v) is 4.22. The molecule has 1 heterocycles. The molecular formula is C11H13BrClN3. The highest BCUT2D eigenvalue weighted by molar-refractivity contribution is 9.10. The summed E-state index contributed by atoms with van der Waals surface area (Å²) in [7, 11) is 0. The summed E-state index contributed by atoms with van der Waals surface area (Å²) < 4.78 is 0.789. The second-order valence-electron chi connectivity index (χ2n) is 3.03. The van der Waals surface area contributed by atoms with E-state index in [9.17, 15) is 0 Å². The molecule has 1 aromatic rings. The molecule has 1 rings (SSSR count). The van der Waals surface area contributed by atoms with Crippen molar-refractivity contribution in [2.45, 2.75) is 20.3 Å². The number of anilines is 1. The predicted molar refractivity (Wildman–Crippen MR) is 71.6 cm³/mol. The van der Waals surface area contributed by atoms with E-state index in [1.54, 1.807) is 6.20 Å². The lowest BCUT2D eigenvalue weighted by atomic mass is 10.3. The summed E-state index contributed by atoms with van der Waals surface area (Å²) in [5.41, 5.74) is 1.06. The van der Waals surface area contributed by atoms with Crippen LogP contribution in [-0.4, -0.2) is 9.97 Å². The van der Waals surface area contributed by atoms with E-state index in [0.29, 0.717) is 5.82 Å². The van der Waals surface area contributed by atoms with Crippen LogP contribution in [-0.2, 0) is 0 Å². The zero-order valence-corrected chi connectivity index (χ0v) is 11.5. The molecule has 5 heteroatoms. The predicted octanol–water partition coefficient (Wildman–Crippen LogP) is 4.17. The largest absolute Gasteiger partial charge is 0.343 e. The molecule has 0 atom stereocenters. The summed E-state index contributed by atoms with van der Waals surface area (Å²) in [4.78, 5) is 7.97. The zero-order chi connectivity index (χ0) is 12.0. The molecule has 0 amide bonds. The van der Waals surface area contributed by atoms with Crippen molar-refractivity contribution in [2.75, 3.05) is 5.32 Å². The van der Waals surface area contributed by atoms with Crippen molar-refractivity contribution in [3.8, 4) is 0 Å². The van der Waals surface area contributed by atoms with Crippen LogP contribution in [0.15, 0.2) is 34.6 Å². The van der Waals surface area contributed by atoms with Crippen LogP contribution in [0.25, 0.3) is 0 Å². The maximum absolute atomic E-state index is 5.73. The number of nitrogens with zero attached hydrogens (tertiary/aromatic N) is 2. The topological polar surface area (TPSA) is 37.8 Å². The van der Waals surface area contributed by atoms with Gasteiger partial charge < -0.3 is 5.32 Å². The van der Waals surface area contributed by atoms with Gasteiger partial charge in [-0.25, -0.2) is 4.98 Å². The monoisotopic (exact) mass is 301 g/mol. The van der Waals surface area contributed by atoms with Crippen molar-refractivity contribution in [1.82, 2.24) is 9.97 Å². The minimum absolute atomic E-state index is 0.229. The van der Waals surface area contributed by atoms with Crippen LogP contribution in [0.4, 0.5) is 5.82 Å². The van der Waals surface area contributed by atoms with E-state index < -0.39 is 0 Å². The number of halogens is 2. The number of hydrogen-bond acceptors (Lipinski definition) is 3. The Hall–Kier alpha value is -0.870. The molecule has 0 spiro atoms. The molecule has 0 aromatic carbocycles. The molecule has 0 radical (unpaired) electrons. The van der Waals surface area contributed by atoms with Gasteiger partial charge in [0.1, 0.15) is 5.82 Å². The van der Waals surface area contributed by atoms with Crippen LogP contribution < -0.4 is 5.32 Å². The average molecular weight is 303 g/mol. The first-order valence-corrected chi connectivity index (χ1v) is 6.11. The second kappa shape index (κ2) is 6.66. The van der Waals surface area contributed by atoms with E-state index in [4.69, 9.17) is 11.6 Å². The molecule has 0 aliphatic rings. The Kier molecular flexibility index (Phi) is 5.49. The van der Waals surface area contributed by atoms with Gasteiger partial charge in [0, 0.05) is 11.9 Å². The maximum atomic E-state index is 5.73. The average Bonchev–Trinajstić information content (AvgIpc) is 2.28. The van der Waals surface area contributed by atoms with Crippen molar-refractivity contribution in [2.24, 2.45) is 0 Å². The summed E-state index contributed by atoms with van der Waals surface area (Å²) in [5, 5.41) is 3.43. The lowest BCUT2D eigenvalue weighted by molar-refractivity contribution is 1.07. The Labute approximate surface area is 109 Å². The molecule has 0 unspecified atom stereocenters. The third-order valence-corrected chi connectivity index (χ3v) is 2.63. The first kappa shape index (κ1) is 13.2. The van der Waals surface area contributed by atoms with E-state index >= 15 is 0 Å². The Morgan fingerprint density at radius 3 is 3.00 bits per heavy atom. The Morgan fingerprint density at radius 2 is 2.38 bits per heavy atom. The maximum Gasteiger partial charge on any atom is 0.224 e. The van der Waals surface area contributed by atoms with Crippen LogP contribution in [0.5, 0.6) is 0 Å². The first-order chi connectivity index (χ1) is 7.67. The number of aromatic nitrogens is 2. The minimum atomic E-state index is 0.229. The fourth-order valence-corrected chi connectivity index (χ4v) is 1.47. The van der Waals surface area contributed by atoms with Gasteiger partial charge in [-0.15, -0.1) is 0 Å². The molecule has 0 aliphatic heterocycles. The van der Waals surface area contributed by atoms with E-state index in [1.165, 1.54) is 0 Å². The normalized spacial score (nSPS) is 12.1. The summed E-state index contributed by atoms with van der Waals surface area (Å²) >= 11 is 9.10. The summed E-state index contributed by atoms with van der Waals surface area (Å²) in [6, 6.07) is 0. The van der Waals surface area contributed by atoms with Gasteiger partial charge in [-0.3, -0.25) is 0 Å². The third-order valence-electron chi connectivity index (χ3n) is 1.86. The minimum Gasteiger partial charge on any atom is -0.343 e. The molecule has 0 fully saturated rings. The molecule has 1 N–H and O–H groups in total. The van der Waals surface area contributed by atoms with Crippen molar-refractivity contribution >= 4 is 33.3 Å². The molecule has 0 saturated carbocycles. The van der Waals surface area contributed by atoms with Crippen LogP contribution in [0.3, 0.4) is 0 Å². The molecule has 0 aliphatic carbocycles. The van der Waals surface area contributed by atoms with Gasteiger partial charge in [0.2, 0.25) is 5.28 Å². The van der Waals surface area contributed by atoms with Gasteiger partial charge in [-0.2, -0.15) is 4.98 Å². The molecule has 0 bridgehead atoms. The van der Waals surface area contributed by atoms with E-state index in [2.05, 4.69) is 38.1 Å². The lowest BCUT2D eigenvalue weighted by Gasteiger charge is -2.09. The van der Waals surface area contributed by atoms with Crippen molar-refractivity contribution in [3.05, 3.63) is 39.9 Å². The standard InChI is InChI=1S/C11H13BrClN3/c1-3-5-6-8(4-2)15-10-9(12)7-14-11(13)16-10/h3,5-7H,4H2,1-2H3,(H,14,15,16)/b5-3-,8-6+. The zero-order valence-electron chi connectivity index (χ0n) is 9.17. The number of nitrogens with one attached hydrogen (secondary N) is 1. The highest BCUT2D eigenvalue weighted by atomic mass is 79.9. The highest BCUT2D eigenvalue weighted by Crippen LogP contribution is 2.22. The molecule has 0 saturated heterocycles. The first-order valence-electron chi connectivity index (χ1n) is 4.94. The van der Waals surface area contributed by atoms with Crippen molar-refractivity contribution in [3.63, 3.8) is 0 Å². The molecule has 3 nitrogen and oxygen atoms in total. The van der Waals surface area contributed by atoms with Crippen molar-refractivity contribution in [1.29, 1.82) is 0 Å². The quantitative estimate of drug-likeness (QED) is 0.670. The summed E-state index contributed by atoms with van der Waals surface area (Å²) in [6.07, 6.45) is 8.46. The summed E-state index contributed by atoms with van der Waals surface area (Å²) in [6.45, 7) is 4.04. The van der Waals surface area contributed by atoms with Gasteiger partial charge in [0.15, 0.2) is 0 Å². The smallest absolute Gasteiger partial charge is 0.224 e. The Bertz CT molecular complexity index is 416. The number of hydrogen-bond donors (Lipinski definition) is 1. The van der Waals surface area contributed by atoms with E-state index in [1.807, 2.05) is 25.2 Å². The molecule has 86 valence electrons. The van der Waals surface area contributed by atoms with Crippen LogP contribution >= 0.6 is 27.5 Å². The fraction of sp³-hybridized carbons (Fsp3) is 0.273. The lowest BCUT2D eigenvalue weighted by Crippen LogP contribution is -2.02. The molecule has 1 aromatic heterocycles. The van der Waals surface area contributed by atoms with Crippen LogP contribution in [0, 0.1) is 0 Å². The van der Waals surface area contributed by atoms with Crippen molar-refractivity contribution < 1.29 is 0 Å². The van der Waals surface area contributed by atoms with Crippen LogP contribution in [0.2, 0.25) is 5.28 Å². The Morgan fingerprint density at radius 1 is 1.62 bits per heavy atom. The van der Waals surface area contributed by atoms with E-state index in [0.717, 1.165) is 16.6 Å². The molecule has 16 heavy (non-hydrogen) atoms. The number of rotatable bonds is 4. The van der Waals surface area contributed by atoms with Gasteiger partial charge in [0.05, 0.1) is 4.47 Å². The SMILES string of the molecule is C/C=C\C=C(/CC)Nc1nc(Cl)ncc1Br. The van der Waals surface area contributed by atoms with Gasteiger partial charge in [0.25, 0.3) is 0 Å². The van der Waals surface area contributed by atoms with E-state index in [-0.39, 0.29) is 5.28 Å². The molecular weight excluding hydrogens is 289 g/mol. The third kappa shape index (κ3) is 3.94. The summed E-state index contributed by atoms with van der Waals surface area (Å²) in [5.74, 6) is 0.678.